The van der Waals surface area contributed by atoms with Crippen molar-refractivity contribution in [3.63, 3.8) is 0 Å². The zero-order valence-corrected chi connectivity index (χ0v) is 14.1. The molecule has 0 fully saturated rings. The molecule has 0 aromatic heterocycles. The summed E-state index contributed by atoms with van der Waals surface area (Å²) >= 11 is 5.91. The highest BCUT2D eigenvalue weighted by molar-refractivity contribution is 7.92. The summed E-state index contributed by atoms with van der Waals surface area (Å²) in [6.07, 6.45) is 1.14. The molecule has 2 aromatic carbocycles. The van der Waals surface area contributed by atoms with Crippen molar-refractivity contribution in [3.05, 3.63) is 59.6 Å². The van der Waals surface area contributed by atoms with Crippen LogP contribution in [0.3, 0.4) is 0 Å². The number of carbonyl (C=O) groups is 1. The number of carbonyl (C=O) groups excluding carboxylic acids is 1. The van der Waals surface area contributed by atoms with Crippen LogP contribution in [0.1, 0.15) is 6.42 Å². The van der Waals surface area contributed by atoms with Crippen molar-refractivity contribution in [2.75, 3.05) is 22.4 Å². The fourth-order valence-electron chi connectivity index (χ4n) is 2.07. The van der Waals surface area contributed by atoms with E-state index in [0.29, 0.717) is 16.4 Å². The van der Waals surface area contributed by atoms with Crippen molar-refractivity contribution in [2.24, 2.45) is 0 Å². The molecule has 2 rings (SSSR count). The van der Waals surface area contributed by atoms with Gasteiger partial charge in [0.25, 0.3) is 0 Å². The van der Waals surface area contributed by atoms with Crippen LogP contribution in [0, 0.1) is 0 Å². The van der Waals surface area contributed by atoms with Gasteiger partial charge in [-0.05, 0) is 30.3 Å². The quantitative estimate of drug-likeness (QED) is 0.868. The molecule has 0 aliphatic carbocycles. The van der Waals surface area contributed by atoms with Gasteiger partial charge >= 0.3 is 0 Å². The van der Waals surface area contributed by atoms with Crippen LogP contribution in [0.25, 0.3) is 0 Å². The molecule has 0 saturated heterocycles. The van der Waals surface area contributed by atoms with Crippen LogP contribution in [0.2, 0.25) is 5.02 Å². The molecule has 0 saturated carbocycles. The molecule has 0 radical (unpaired) electrons. The predicted molar refractivity (Wildman–Crippen MR) is 93.3 cm³/mol. The number of amides is 1. The van der Waals surface area contributed by atoms with E-state index >= 15 is 0 Å². The minimum Gasteiger partial charge on any atom is -0.326 e. The SMILES string of the molecule is CS(=O)(=O)N(CCC(=O)Nc1ccccc1)c1cccc(Cl)c1. The van der Waals surface area contributed by atoms with Crippen LogP contribution in [-0.2, 0) is 14.8 Å². The summed E-state index contributed by atoms with van der Waals surface area (Å²) in [5, 5.41) is 3.16. The first-order valence-electron chi connectivity index (χ1n) is 6.94. The first-order chi connectivity index (χ1) is 10.9. The van der Waals surface area contributed by atoms with E-state index in [1.165, 1.54) is 4.31 Å². The van der Waals surface area contributed by atoms with E-state index in [4.69, 9.17) is 11.6 Å². The van der Waals surface area contributed by atoms with E-state index in [2.05, 4.69) is 5.32 Å². The molecule has 1 N–H and O–H groups in total. The highest BCUT2D eigenvalue weighted by atomic mass is 35.5. The van der Waals surface area contributed by atoms with Gasteiger partial charge < -0.3 is 5.32 Å². The second kappa shape index (κ2) is 7.48. The van der Waals surface area contributed by atoms with Crippen molar-refractivity contribution in [2.45, 2.75) is 6.42 Å². The number of hydrogen-bond acceptors (Lipinski definition) is 3. The van der Waals surface area contributed by atoms with E-state index in [1.807, 2.05) is 18.2 Å². The van der Waals surface area contributed by atoms with Crippen LogP contribution in [-0.4, -0.2) is 27.1 Å². The Morgan fingerprint density at radius 2 is 1.83 bits per heavy atom. The fraction of sp³-hybridized carbons (Fsp3) is 0.188. The summed E-state index contributed by atoms with van der Waals surface area (Å²) in [5.41, 5.74) is 1.11. The smallest absolute Gasteiger partial charge is 0.232 e. The molecule has 122 valence electrons. The third kappa shape index (κ3) is 5.26. The van der Waals surface area contributed by atoms with Crippen molar-refractivity contribution >= 4 is 38.9 Å². The third-order valence-electron chi connectivity index (χ3n) is 3.10. The Bertz CT molecular complexity index is 779. The Morgan fingerprint density at radius 3 is 2.43 bits per heavy atom. The van der Waals surface area contributed by atoms with Gasteiger partial charge in [-0.1, -0.05) is 35.9 Å². The van der Waals surface area contributed by atoms with Crippen LogP contribution >= 0.6 is 11.6 Å². The van der Waals surface area contributed by atoms with Gasteiger partial charge in [0.05, 0.1) is 11.9 Å². The van der Waals surface area contributed by atoms with E-state index in [9.17, 15) is 13.2 Å². The van der Waals surface area contributed by atoms with Crippen molar-refractivity contribution in [1.82, 2.24) is 0 Å². The minimum absolute atomic E-state index is 0.0362. The highest BCUT2D eigenvalue weighted by Gasteiger charge is 2.18. The average molecular weight is 353 g/mol. The normalized spacial score (nSPS) is 11.0. The molecule has 23 heavy (non-hydrogen) atoms. The van der Waals surface area contributed by atoms with Gasteiger partial charge in [-0.3, -0.25) is 9.10 Å². The Labute approximate surface area is 140 Å². The van der Waals surface area contributed by atoms with Gasteiger partial charge in [-0.25, -0.2) is 8.42 Å². The lowest BCUT2D eigenvalue weighted by molar-refractivity contribution is -0.116. The Balaban J connectivity index is 2.06. The molecule has 0 atom stereocenters. The number of rotatable bonds is 6. The van der Waals surface area contributed by atoms with Crippen LogP contribution in [0.5, 0.6) is 0 Å². The number of nitrogens with one attached hydrogen (secondary N) is 1. The summed E-state index contributed by atoms with van der Waals surface area (Å²) < 4.78 is 25.1. The number of halogens is 1. The zero-order valence-electron chi connectivity index (χ0n) is 12.6. The predicted octanol–water partition coefficient (Wildman–Crippen LogP) is 3.13. The second-order valence-electron chi connectivity index (χ2n) is 4.98. The number of sulfonamides is 1. The molecule has 0 spiro atoms. The standard InChI is InChI=1S/C16H17ClN2O3S/c1-23(21,22)19(15-9-5-6-13(17)12-15)11-10-16(20)18-14-7-3-2-4-8-14/h2-9,12H,10-11H2,1H3,(H,18,20). The van der Waals surface area contributed by atoms with E-state index in [0.717, 1.165) is 6.26 Å². The molecule has 5 nitrogen and oxygen atoms in total. The van der Waals surface area contributed by atoms with E-state index in [1.54, 1.807) is 36.4 Å². The lowest BCUT2D eigenvalue weighted by Gasteiger charge is -2.22. The van der Waals surface area contributed by atoms with Gasteiger partial charge in [0.2, 0.25) is 15.9 Å². The van der Waals surface area contributed by atoms with E-state index < -0.39 is 10.0 Å². The molecule has 7 heteroatoms. The Kier molecular flexibility index (Phi) is 5.63. The van der Waals surface area contributed by atoms with Gasteiger partial charge in [0, 0.05) is 23.7 Å². The maximum Gasteiger partial charge on any atom is 0.232 e. The molecule has 0 bridgehead atoms. The number of hydrogen-bond donors (Lipinski definition) is 1. The maximum absolute atomic E-state index is 12.0. The zero-order chi connectivity index (χ0) is 16.9. The minimum atomic E-state index is -3.51. The highest BCUT2D eigenvalue weighted by Crippen LogP contribution is 2.22. The van der Waals surface area contributed by atoms with E-state index in [-0.39, 0.29) is 18.9 Å². The number of para-hydroxylation sites is 1. The summed E-state index contributed by atoms with van der Waals surface area (Å²) in [5.74, 6) is -0.258. The molecule has 1 amide bonds. The molecule has 0 aliphatic heterocycles. The molecule has 0 unspecified atom stereocenters. The topological polar surface area (TPSA) is 66.5 Å². The Hall–Kier alpha value is -2.05. The first-order valence-corrected chi connectivity index (χ1v) is 9.17. The summed E-state index contributed by atoms with van der Waals surface area (Å²) in [6.45, 7) is 0.0395. The lowest BCUT2D eigenvalue weighted by Crippen LogP contribution is -2.33. The number of benzene rings is 2. The van der Waals surface area contributed by atoms with Crippen molar-refractivity contribution in [1.29, 1.82) is 0 Å². The summed E-state index contributed by atoms with van der Waals surface area (Å²) in [4.78, 5) is 12.0. The van der Waals surface area contributed by atoms with Crippen molar-refractivity contribution in [3.8, 4) is 0 Å². The monoisotopic (exact) mass is 352 g/mol. The molecular formula is C16H17ClN2O3S. The average Bonchev–Trinajstić information content (AvgIpc) is 2.47. The number of nitrogens with zero attached hydrogens (tertiary/aromatic N) is 1. The fourth-order valence-corrected chi connectivity index (χ4v) is 3.17. The largest absolute Gasteiger partial charge is 0.326 e. The van der Waals surface area contributed by atoms with Gasteiger partial charge in [-0.15, -0.1) is 0 Å². The first kappa shape index (κ1) is 17.3. The van der Waals surface area contributed by atoms with Gasteiger partial charge in [-0.2, -0.15) is 0 Å². The molecule has 0 heterocycles. The molecule has 2 aromatic rings. The van der Waals surface area contributed by atoms with Gasteiger partial charge in [0.15, 0.2) is 0 Å². The van der Waals surface area contributed by atoms with Crippen LogP contribution < -0.4 is 9.62 Å². The molecular weight excluding hydrogens is 336 g/mol. The second-order valence-corrected chi connectivity index (χ2v) is 7.32. The third-order valence-corrected chi connectivity index (χ3v) is 4.53. The number of anilines is 2. The van der Waals surface area contributed by atoms with Crippen LogP contribution in [0.15, 0.2) is 54.6 Å². The summed E-state index contributed by atoms with van der Waals surface area (Å²) in [7, 11) is -3.51. The van der Waals surface area contributed by atoms with Crippen molar-refractivity contribution < 1.29 is 13.2 Å². The summed E-state index contributed by atoms with van der Waals surface area (Å²) in [6, 6.07) is 15.5. The maximum atomic E-state index is 12.0. The van der Waals surface area contributed by atoms with Crippen LogP contribution in [0.4, 0.5) is 11.4 Å². The van der Waals surface area contributed by atoms with Gasteiger partial charge in [0.1, 0.15) is 0 Å². The molecule has 0 aliphatic rings. The Morgan fingerprint density at radius 1 is 1.13 bits per heavy atom. The lowest BCUT2D eigenvalue weighted by atomic mass is 10.3.